The molecular formula is C13H15FO4. The standard InChI is InChI=1S/C13H15FO4/c1-4-10(15)17-13-7(3)8-5-9(13)12(14,6(8)2)11(16)18-13/h4,6-9H,1,5H2,2-3H3. The molecule has 1 saturated heterocycles. The van der Waals surface area contributed by atoms with Crippen molar-refractivity contribution in [3.05, 3.63) is 12.7 Å². The first-order valence-electron chi connectivity index (χ1n) is 6.15. The van der Waals surface area contributed by atoms with Crippen molar-refractivity contribution in [2.24, 2.45) is 23.7 Å². The van der Waals surface area contributed by atoms with Gasteiger partial charge in [-0.1, -0.05) is 20.4 Å². The van der Waals surface area contributed by atoms with Crippen molar-refractivity contribution in [2.45, 2.75) is 31.7 Å². The number of rotatable bonds is 2. The third kappa shape index (κ3) is 0.978. The van der Waals surface area contributed by atoms with Gasteiger partial charge in [0.25, 0.3) is 5.79 Å². The number of carbonyl (C=O) groups is 2. The van der Waals surface area contributed by atoms with E-state index < -0.39 is 29.3 Å². The van der Waals surface area contributed by atoms with Gasteiger partial charge in [0.05, 0.1) is 5.92 Å². The molecule has 98 valence electrons. The molecule has 5 heteroatoms. The summed E-state index contributed by atoms with van der Waals surface area (Å²) in [6, 6.07) is 0. The van der Waals surface area contributed by atoms with Crippen LogP contribution in [0.5, 0.6) is 0 Å². The number of carbonyl (C=O) groups excluding carboxylic acids is 2. The van der Waals surface area contributed by atoms with E-state index in [2.05, 4.69) is 6.58 Å². The van der Waals surface area contributed by atoms with Gasteiger partial charge in [-0.2, -0.15) is 0 Å². The van der Waals surface area contributed by atoms with E-state index >= 15 is 0 Å². The molecule has 0 radical (unpaired) electrons. The molecule has 3 rings (SSSR count). The van der Waals surface area contributed by atoms with Crippen molar-refractivity contribution >= 4 is 11.9 Å². The molecule has 6 atom stereocenters. The molecule has 6 unspecified atom stereocenters. The fraction of sp³-hybridized carbons (Fsp3) is 0.692. The molecule has 1 heterocycles. The Bertz CT molecular complexity index is 462. The molecular weight excluding hydrogens is 239 g/mol. The monoisotopic (exact) mass is 254 g/mol. The van der Waals surface area contributed by atoms with Crippen molar-refractivity contribution in [2.75, 3.05) is 0 Å². The minimum Gasteiger partial charge on any atom is -0.419 e. The highest BCUT2D eigenvalue weighted by Crippen LogP contribution is 2.68. The lowest BCUT2D eigenvalue weighted by Gasteiger charge is -2.38. The van der Waals surface area contributed by atoms with Crippen molar-refractivity contribution < 1.29 is 23.5 Å². The molecule has 0 amide bonds. The molecule has 0 spiro atoms. The summed E-state index contributed by atoms with van der Waals surface area (Å²) in [5.74, 6) is -4.24. The van der Waals surface area contributed by atoms with Gasteiger partial charge in [0.2, 0.25) is 5.67 Å². The second kappa shape index (κ2) is 3.13. The van der Waals surface area contributed by atoms with E-state index in [1.807, 2.05) is 6.92 Å². The highest BCUT2D eigenvalue weighted by molar-refractivity contribution is 5.87. The fourth-order valence-electron chi connectivity index (χ4n) is 4.09. The van der Waals surface area contributed by atoms with Crippen LogP contribution in [0, 0.1) is 23.7 Å². The van der Waals surface area contributed by atoms with E-state index in [-0.39, 0.29) is 17.8 Å². The average Bonchev–Trinajstić information content (AvgIpc) is 2.82. The molecule has 1 aliphatic heterocycles. The van der Waals surface area contributed by atoms with Gasteiger partial charge in [-0.05, 0) is 12.3 Å². The largest absolute Gasteiger partial charge is 0.419 e. The predicted octanol–water partition coefficient (Wildman–Crippen LogP) is 1.60. The first-order valence-corrected chi connectivity index (χ1v) is 6.15. The van der Waals surface area contributed by atoms with E-state index in [9.17, 15) is 14.0 Å². The molecule has 0 aromatic heterocycles. The molecule has 3 fully saturated rings. The summed E-state index contributed by atoms with van der Waals surface area (Å²) in [6.45, 7) is 6.88. The second-order valence-corrected chi connectivity index (χ2v) is 5.53. The lowest BCUT2D eigenvalue weighted by atomic mass is 9.72. The van der Waals surface area contributed by atoms with Crippen LogP contribution >= 0.6 is 0 Å². The normalized spacial score (nSPS) is 52.3. The molecule has 3 aliphatic rings. The average molecular weight is 254 g/mol. The van der Waals surface area contributed by atoms with Gasteiger partial charge in [-0.25, -0.2) is 14.0 Å². The highest BCUT2D eigenvalue weighted by Gasteiger charge is 2.82. The summed E-state index contributed by atoms with van der Waals surface area (Å²) in [5.41, 5.74) is -2.00. The first-order chi connectivity index (χ1) is 8.37. The second-order valence-electron chi connectivity index (χ2n) is 5.53. The number of hydrogen-bond donors (Lipinski definition) is 0. The summed E-state index contributed by atoms with van der Waals surface area (Å²) in [7, 11) is 0. The van der Waals surface area contributed by atoms with Crippen LogP contribution in [0.4, 0.5) is 4.39 Å². The van der Waals surface area contributed by atoms with Crippen LogP contribution in [-0.2, 0) is 19.1 Å². The van der Waals surface area contributed by atoms with E-state index in [4.69, 9.17) is 9.47 Å². The molecule has 2 bridgehead atoms. The summed E-state index contributed by atoms with van der Waals surface area (Å²) in [4.78, 5) is 23.2. The van der Waals surface area contributed by atoms with Crippen molar-refractivity contribution in [1.82, 2.24) is 0 Å². The zero-order valence-electron chi connectivity index (χ0n) is 10.3. The Kier molecular flexibility index (Phi) is 2.03. The number of alkyl halides is 1. The van der Waals surface area contributed by atoms with Gasteiger partial charge in [0.1, 0.15) is 0 Å². The Morgan fingerprint density at radius 3 is 2.78 bits per heavy atom. The maximum Gasteiger partial charge on any atom is 0.348 e. The molecule has 0 N–H and O–H groups in total. The molecule has 4 nitrogen and oxygen atoms in total. The summed E-state index contributed by atoms with van der Waals surface area (Å²) < 4.78 is 25.3. The third-order valence-corrected chi connectivity index (χ3v) is 5.07. The minimum absolute atomic E-state index is 0.00376. The van der Waals surface area contributed by atoms with E-state index in [1.165, 1.54) is 0 Å². The van der Waals surface area contributed by atoms with Crippen molar-refractivity contribution in [3.63, 3.8) is 0 Å². The van der Waals surface area contributed by atoms with E-state index in [0.29, 0.717) is 6.42 Å². The summed E-state index contributed by atoms with van der Waals surface area (Å²) in [6.07, 6.45) is 1.53. The topological polar surface area (TPSA) is 52.6 Å². The maximum atomic E-state index is 14.8. The van der Waals surface area contributed by atoms with Gasteiger partial charge in [0.15, 0.2) is 0 Å². The number of fused-ring (bicyclic) bond motifs is 1. The summed E-state index contributed by atoms with van der Waals surface area (Å²) >= 11 is 0. The SMILES string of the molecule is C=CC(=O)OC12OC(=O)C3(F)C(C)C(CC13)C2C. The van der Waals surface area contributed by atoms with Gasteiger partial charge in [-0.3, -0.25) is 0 Å². The number of esters is 2. The van der Waals surface area contributed by atoms with Crippen molar-refractivity contribution in [1.29, 1.82) is 0 Å². The maximum absolute atomic E-state index is 14.8. The summed E-state index contributed by atoms with van der Waals surface area (Å²) in [5, 5.41) is 0. The number of hydrogen-bond acceptors (Lipinski definition) is 4. The Hall–Kier alpha value is -1.39. The van der Waals surface area contributed by atoms with Gasteiger partial charge in [0, 0.05) is 17.9 Å². The smallest absolute Gasteiger partial charge is 0.348 e. The van der Waals surface area contributed by atoms with Crippen LogP contribution in [0.25, 0.3) is 0 Å². The fourth-order valence-corrected chi connectivity index (χ4v) is 4.09. The Morgan fingerprint density at radius 1 is 1.56 bits per heavy atom. The Labute approximate surface area is 104 Å². The minimum atomic E-state index is -2.00. The van der Waals surface area contributed by atoms with Crippen LogP contribution in [0.2, 0.25) is 0 Å². The molecule has 2 saturated carbocycles. The lowest BCUT2D eigenvalue weighted by molar-refractivity contribution is -0.237. The Morgan fingerprint density at radius 2 is 2.22 bits per heavy atom. The van der Waals surface area contributed by atoms with Crippen molar-refractivity contribution in [3.8, 4) is 0 Å². The molecule has 2 aliphatic carbocycles. The van der Waals surface area contributed by atoms with Crippen LogP contribution in [0.3, 0.4) is 0 Å². The van der Waals surface area contributed by atoms with Crippen LogP contribution < -0.4 is 0 Å². The van der Waals surface area contributed by atoms with E-state index in [1.54, 1.807) is 6.92 Å². The number of ether oxygens (including phenoxy) is 2. The Balaban J connectivity index is 2.06. The predicted molar refractivity (Wildman–Crippen MR) is 58.9 cm³/mol. The first kappa shape index (κ1) is 11.7. The van der Waals surface area contributed by atoms with Crippen LogP contribution in [0.15, 0.2) is 12.7 Å². The zero-order chi connectivity index (χ0) is 13.3. The quantitative estimate of drug-likeness (QED) is 0.555. The van der Waals surface area contributed by atoms with Gasteiger partial charge in [-0.15, -0.1) is 0 Å². The number of halogens is 1. The van der Waals surface area contributed by atoms with Gasteiger partial charge >= 0.3 is 11.9 Å². The van der Waals surface area contributed by atoms with Gasteiger partial charge < -0.3 is 9.47 Å². The molecule has 0 aromatic carbocycles. The van der Waals surface area contributed by atoms with E-state index in [0.717, 1.165) is 6.08 Å². The molecule has 0 aromatic rings. The zero-order valence-corrected chi connectivity index (χ0v) is 10.3. The highest BCUT2D eigenvalue weighted by atomic mass is 19.1. The molecule has 18 heavy (non-hydrogen) atoms. The third-order valence-electron chi connectivity index (χ3n) is 5.07. The van der Waals surface area contributed by atoms with Crippen LogP contribution in [-0.4, -0.2) is 23.4 Å². The lowest BCUT2D eigenvalue weighted by Crippen LogP contribution is -2.51. The van der Waals surface area contributed by atoms with Crippen LogP contribution in [0.1, 0.15) is 20.3 Å².